The lowest BCUT2D eigenvalue weighted by atomic mass is 9.91. The number of rotatable bonds is 11. The summed E-state index contributed by atoms with van der Waals surface area (Å²) in [6.07, 6.45) is 2.33. The van der Waals surface area contributed by atoms with Crippen LogP contribution in [0, 0.1) is 11.3 Å². The molecule has 0 unspecified atom stereocenters. The van der Waals surface area contributed by atoms with Gasteiger partial charge in [-0.05, 0) is 41.3 Å². The number of imidazole rings is 1. The van der Waals surface area contributed by atoms with Crippen LogP contribution in [0.2, 0.25) is 0 Å². The third-order valence-corrected chi connectivity index (χ3v) is 10.3. The van der Waals surface area contributed by atoms with Crippen molar-refractivity contribution in [3.63, 3.8) is 0 Å². The number of pyridine rings is 1. The highest BCUT2D eigenvalue weighted by molar-refractivity contribution is 5.89. The minimum absolute atomic E-state index is 0.00103. The molecule has 17 nitrogen and oxygen atoms in total. The van der Waals surface area contributed by atoms with Gasteiger partial charge in [-0.2, -0.15) is 20.0 Å². The van der Waals surface area contributed by atoms with E-state index >= 15 is 0 Å². The van der Waals surface area contributed by atoms with Crippen molar-refractivity contribution >= 4 is 34.6 Å². The van der Waals surface area contributed by atoms with Crippen LogP contribution in [0.5, 0.6) is 0 Å². The topological polar surface area (TPSA) is 221 Å². The number of aromatic nitrogens is 9. The second-order valence-corrected chi connectivity index (χ2v) is 13.8. The van der Waals surface area contributed by atoms with E-state index in [4.69, 9.17) is 20.2 Å². The van der Waals surface area contributed by atoms with Crippen LogP contribution < -0.4 is 20.9 Å². The number of carbonyl (C=O) groups is 1. The fourth-order valence-electron chi connectivity index (χ4n) is 7.38. The van der Waals surface area contributed by atoms with Crippen molar-refractivity contribution in [2.24, 2.45) is 0 Å². The molecule has 2 fully saturated rings. The Hall–Kier alpha value is -6.51. The summed E-state index contributed by atoms with van der Waals surface area (Å²) < 4.78 is 1.80. The van der Waals surface area contributed by atoms with E-state index in [1.165, 1.54) is 17.1 Å². The van der Waals surface area contributed by atoms with Crippen LogP contribution >= 0.6 is 0 Å². The van der Waals surface area contributed by atoms with E-state index in [1.807, 2.05) is 54.3 Å². The molecule has 0 bridgehead atoms. The standard InChI is InChI=1S/C38H40N14O3/c1-2-31-47-49-52(48-31)30-17-29(33(53)34(30)54)51-22-42-32-35(41-20-28(23-9-5-3-6-10-23)24-11-7-4-8-12-24)45-37(46-36(32)51)50-16-15-27(21-50)44-38(55)43-26-14-13-25(18-39)40-19-26/h3-14,19,22,27-30,33-34,53-54H,2,15-17,20-21H2,1H3,(H,41,45,46)(H2,43,44,55)/t27-,29-,30+,33+,34-/m1/s1. The van der Waals surface area contributed by atoms with Crippen LogP contribution in [0.1, 0.15) is 60.4 Å². The molecule has 2 amide bonds. The first kappa shape index (κ1) is 35.5. The maximum atomic E-state index is 12.9. The molecule has 280 valence electrons. The van der Waals surface area contributed by atoms with Gasteiger partial charge in [-0.3, -0.25) is 0 Å². The maximum absolute atomic E-state index is 12.9. The Morgan fingerprint density at radius 2 is 1.73 bits per heavy atom. The van der Waals surface area contributed by atoms with Crippen LogP contribution in [0.25, 0.3) is 11.2 Å². The second-order valence-electron chi connectivity index (χ2n) is 13.8. The average Bonchev–Trinajstić information content (AvgIpc) is 4.03. The molecule has 0 spiro atoms. The van der Waals surface area contributed by atoms with Crippen molar-refractivity contribution in [3.8, 4) is 6.07 Å². The summed E-state index contributed by atoms with van der Waals surface area (Å²) in [6, 6.07) is 23.9. The zero-order valence-corrected chi connectivity index (χ0v) is 30.0. The van der Waals surface area contributed by atoms with Crippen molar-refractivity contribution in [3.05, 3.63) is 108 Å². The molecule has 8 rings (SSSR count). The Balaban J connectivity index is 1.09. The smallest absolute Gasteiger partial charge is 0.319 e. The number of benzene rings is 2. The van der Waals surface area contributed by atoms with E-state index in [9.17, 15) is 15.0 Å². The van der Waals surface area contributed by atoms with Gasteiger partial charge in [-0.15, -0.1) is 10.2 Å². The minimum Gasteiger partial charge on any atom is -0.388 e. The first-order chi connectivity index (χ1) is 26.9. The van der Waals surface area contributed by atoms with Crippen molar-refractivity contribution in [1.82, 2.24) is 50.0 Å². The lowest BCUT2D eigenvalue weighted by Gasteiger charge is -2.22. The number of amides is 2. The molecule has 17 heteroatoms. The van der Waals surface area contributed by atoms with Crippen molar-refractivity contribution < 1.29 is 15.0 Å². The number of hydrogen-bond donors (Lipinski definition) is 5. The van der Waals surface area contributed by atoms with E-state index in [0.29, 0.717) is 73.3 Å². The molecule has 4 aromatic heterocycles. The maximum Gasteiger partial charge on any atom is 0.319 e. The van der Waals surface area contributed by atoms with E-state index < -0.39 is 24.3 Å². The molecular weight excluding hydrogens is 701 g/mol. The fraction of sp³-hybridized carbons (Fsp3) is 0.342. The molecular formula is C38H40N14O3. The lowest BCUT2D eigenvalue weighted by Crippen LogP contribution is -2.40. The minimum atomic E-state index is -1.15. The summed E-state index contributed by atoms with van der Waals surface area (Å²) in [5, 5.41) is 53.6. The number of fused-ring (bicyclic) bond motifs is 1. The van der Waals surface area contributed by atoms with Gasteiger partial charge in [0, 0.05) is 38.0 Å². The van der Waals surface area contributed by atoms with Gasteiger partial charge in [0.2, 0.25) is 5.95 Å². The normalized spacial score (nSPS) is 20.9. The predicted octanol–water partition coefficient (Wildman–Crippen LogP) is 3.19. The molecule has 1 aliphatic carbocycles. The highest BCUT2D eigenvalue weighted by atomic mass is 16.3. The van der Waals surface area contributed by atoms with Crippen LogP contribution in [0.15, 0.2) is 85.3 Å². The van der Waals surface area contributed by atoms with Gasteiger partial charge in [-0.25, -0.2) is 14.8 Å². The number of tetrazole rings is 1. The van der Waals surface area contributed by atoms with Crippen molar-refractivity contribution in [1.29, 1.82) is 5.26 Å². The molecule has 6 aromatic rings. The van der Waals surface area contributed by atoms with Gasteiger partial charge in [0.25, 0.3) is 0 Å². The van der Waals surface area contributed by atoms with Crippen LogP contribution in [0.3, 0.4) is 0 Å². The molecule has 2 aliphatic rings. The number of carbonyl (C=O) groups excluding carboxylic acids is 1. The number of aryl methyl sites for hydroxylation is 1. The zero-order valence-electron chi connectivity index (χ0n) is 30.0. The van der Waals surface area contributed by atoms with E-state index in [-0.39, 0.29) is 23.7 Å². The first-order valence-corrected chi connectivity index (χ1v) is 18.3. The average molecular weight is 741 g/mol. The summed E-state index contributed by atoms with van der Waals surface area (Å²) in [6.45, 7) is 3.45. The van der Waals surface area contributed by atoms with Crippen LogP contribution in [0.4, 0.5) is 22.2 Å². The Bertz CT molecular complexity index is 2250. The molecule has 1 aliphatic heterocycles. The van der Waals surface area contributed by atoms with E-state index in [1.54, 1.807) is 17.0 Å². The molecule has 1 saturated carbocycles. The monoisotopic (exact) mass is 740 g/mol. The van der Waals surface area contributed by atoms with Gasteiger partial charge in [0.1, 0.15) is 30.0 Å². The summed E-state index contributed by atoms with van der Waals surface area (Å²) in [5.74, 6) is 1.51. The Labute approximate surface area is 316 Å². The summed E-state index contributed by atoms with van der Waals surface area (Å²) in [5.41, 5.74) is 4.02. The van der Waals surface area contributed by atoms with Gasteiger partial charge in [-0.1, -0.05) is 67.6 Å². The number of aliphatic hydroxyl groups excluding tert-OH is 2. The highest BCUT2D eigenvalue weighted by Crippen LogP contribution is 2.40. The molecule has 0 radical (unpaired) electrons. The number of nitrogens with one attached hydrogen (secondary N) is 3. The Morgan fingerprint density at radius 3 is 2.40 bits per heavy atom. The quantitative estimate of drug-likeness (QED) is 0.129. The van der Waals surface area contributed by atoms with Gasteiger partial charge in [0.15, 0.2) is 22.8 Å². The van der Waals surface area contributed by atoms with E-state index in [0.717, 1.165) is 11.1 Å². The second kappa shape index (κ2) is 15.5. The third-order valence-electron chi connectivity index (χ3n) is 10.3. The SMILES string of the molecule is CCc1nnn([C@H]2C[C@@H](n3cnc4c(NCC(c5ccccc5)c5ccccc5)nc(N5CC[C@@H](NC(=O)Nc6ccc(C#N)nc6)C5)nc43)[C@H](O)[C@@H]2O)n1. The summed E-state index contributed by atoms with van der Waals surface area (Å²) in [4.78, 5) is 35.1. The summed E-state index contributed by atoms with van der Waals surface area (Å²) in [7, 11) is 0. The van der Waals surface area contributed by atoms with Gasteiger partial charge >= 0.3 is 6.03 Å². The molecule has 5 heterocycles. The Morgan fingerprint density at radius 1 is 0.982 bits per heavy atom. The molecule has 5 N–H and O–H groups in total. The molecule has 2 aromatic carbocycles. The number of hydrogen-bond acceptors (Lipinski definition) is 13. The number of urea groups is 1. The third kappa shape index (κ3) is 7.37. The fourth-order valence-corrected chi connectivity index (χ4v) is 7.38. The Kier molecular flexibility index (Phi) is 9.98. The van der Waals surface area contributed by atoms with Crippen LogP contribution in [-0.4, -0.2) is 98.8 Å². The number of anilines is 3. The number of aliphatic hydroxyl groups is 2. The molecule has 55 heavy (non-hydrogen) atoms. The largest absolute Gasteiger partial charge is 0.388 e. The van der Waals surface area contributed by atoms with Gasteiger partial charge in [0.05, 0.1) is 24.3 Å². The number of nitrogens with zero attached hydrogens (tertiary/aromatic N) is 11. The lowest BCUT2D eigenvalue weighted by molar-refractivity contribution is 0.00473. The first-order valence-electron chi connectivity index (χ1n) is 18.3. The van der Waals surface area contributed by atoms with Crippen LogP contribution in [-0.2, 0) is 6.42 Å². The summed E-state index contributed by atoms with van der Waals surface area (Å²) >= 11 is 0. The van der Waals surface area contributed by atoms with E-state index in [2.05, 4.69) is 60.6 Å². The zero-order chi connectivity index (χ0) is 37.9. The predicted molar refractivity (Wildman–Crippen MR) is 202 cm³/mol. The number of nitriles is 1. The van der Waals surface area contributed by atoms with Gasteiger partial charge < -0.3 is 35.6 Å². The van der Waals surface area contributed by atoms with Crippen molar-refractivity contribution in [2.45, 2.75) is 62.4 Å². The molecule has 5 atom stereocenters. The highest BCUT2D eigenvalue weighted by Gasteiger charge is 2.45. The van der Waals surface area contributed by atoms with Crippen molar-refractivity contribution in [2.75, 3.05) is 35.2 Å². The molecule has 1 saturated heterocycles.